The summed E-state index contributed by atoms with van der Waals surface area (Å²) in [5, 5.41) is 4.67. The van der Waals surface area contributed by atoms with Crippen molar-refractivity contribution in [1.29, 1.82) is 0 Å². The lowest BCUT2D eigenvalue weighted by molar-refractivity contribution is 0.0955. The Morgan fingerprint density at radius 3 is 2.44 bits per heavy atom. The third-order valence-corrected chi connectivity index (χ3v) is 4.58. The zero-order valence-corrected chi connectivity index (χ0v) is 16.2. The molecule has 0 unspecified atom stereocenters. The molecule has 2 heterocycles. The van der Waals surface area contributed by atoms with Crippen LogP contribution in [-0.4, -0.2) is 22.1 Å². The number of carbonyl (C=O) groups is 1. The van der Waals surface area contributed by atoms with Gasteiger partial charge in [0.2, 0.25) is 0 Å². The fourth-order valence-corrected chi connectivity index (χ4v) is 3.31. The standard InChI is InChI=1S/C20H20N4O2S/c1-13-10-14(2)23-20(22-13)27-12-16-5-7-17(8-6-16)19(25)24-21-11-18-9-4-15(3)26-18/h4-11H,12H2,1-3H3,(H,24,25)/b21-11+. The zero-order chi connectivity index (χ0) is 19.2. The lowest BCUT2D eigenvalue weighted by Gasteiger charge is -2.04. The van der Waals surface area contributed by atoms with Crippen LogP contribution in [0.5, 0.6) is 0 Å². The predicted octanol–water partition coefficient (Wildman–Crippen LogP) is 4.05. The van der Waals surface area contributed by atoms with Crippen LogP contribution in [0, 0.1) is 20.8 Å². The fraction of sp³-hybridized carbons (Fsp3) is 0.200. The van der Waals surface area contributed by atoms with Gasteiger partial charge in [-0.25, -0.2) is 15.4 Å². The number of nitrogens with one attached hydrogen (secondary N) is 1. The van der Waals surface area contributed by atoms with Crippen molar-refractivity contribution in [3.05, 3.63) is 76.5 Å². The number of hydrogen-bond donors (Lipinski definition) is 1. The molecule has 7 heteroatoms. The molecule has 0 aliphatic rings. The fourth-order valence-electron chi connectivity index (χ4n) is 2.40. The van der Waals surface area contributed by atoms with Gasteiger partial charge in [-0.3, -0.25) is 4.79 Å². The molecule has 2 aromatic heterocycles. The van der Waals surface area contributed by atoms with Crippen molar-refractivity contribution in [3.8, 4) is 0 Å². The van der Waals surface area contributed by atoms with Gasteiger partial charge in [0.1, 0.15) is 11.5 Å². The predicted molar refractivity (Wildman–Crippen MR) is 106 cm³/mol. The van der Waals surface area contributed by atoms with E-state index in [9.17, 15) is 4.79 Å². The first kappa shape index (κ1) is 18.8. The van der Waals surface area contributed by atoms with E-state index in [1.165, 1.54) is 6.21 Å². The summed E-state index contributed by atoms with van der Waals surface area (Å²) in [4.78, 5) is 21.0. The Balaban J connectivity index is 1.54. The number of benzene rings is 1. The maximum atomic E-state index is 12.1. The molecular formula is C20H20N4O2S. The number of aryl methyl sites for hydroxylation is 3. The average Bonchev–Trinajstić information content (AvgIpc) is 3.05. The van der Waals surface area contributed by atoms with Crippen LogP contribution in [0.2, 0.25) is 0 Å². The first-order valence-electron chi connectivity index (χ1n) is 8.43. The summed E-state index contributed by atoms with van der Waals surface area (Å²) in [5.41, 5.74) is 6.05. The number of aromatic nitrogens is 2. The van der Waals surface area contributed by atoms with Crippen molar-refractivity contribution in [3.63, 3.8) is 0 Å². The van der Waals surface area contributed by atoms with Crippen LogP contribution in [-0.2, 0) is 5.75 Å². The summed E-state index contributed by atoms with van der Waals surface area (Å²) < 4.78 is 5.35. The van der Waals surface area contributed by atoms with Crippen molar-refractivity contribution in [2.45, 2.75) is 31.7 Å². The van der Waals surface area contributed by atoms with E-state index < -0.39 is 0 Å². The van der Waals surface area contributed by atoms with Gasteiger partial charge < -0.3 is 4.42 Å². The highest BCUT2D eigenvalue weighted by Crippen LogP contribution is 2.20. The minimum atomic E-state index is -0.272. The molecule has 1 N–H and O–H groups in total. The Hall–Kier alpha value is -2.93. The zero-order valence-electron chi connectivity index (χ0n) is 15.4. The normalized spacial score (nSPS) is 11.1. The van der Waals surface area contributed by atoms with Crippen LogP contribution in [0.1, 0.15) is 38.8 Å². The van der Waals surface area contributed by atoms with Crippen molar-refractivity contribution in [2.24, 2.45) is 5.10 Å². The number of thioether (sulfide) groups is 1. The number of rotatable bonds is 6. The Morgan fingerprint density at radius 1 is 1.11 bits per heavy atom. The molecule has 0 saturated heterocycles. The van der Waals surface area contributed by atoms with E-state index in [0.717, 1.165) is 33.6 Å². The number of hydrazone groups is 1. The molecule has 0 radical (unpaired) electrons. The topological polar surface area (TPSA) is 80.4 Å². The molecule has 0 aliphatic carbocycles. The van der Waals surface area contributed by atoms with E-state index in [1.807, 2.05) is 45.0 Å². The molecule has 1 amide bonds. The van der Waals surface area contributed by atoms with Gasteiger partial charge in [-0.05, 0) is 56.7 Å². The van der Waals surface area contributed by atoms with Gasteiger partial charge >= 0.3 is 0 Å². The molecule has 0 bridgehead atoms. The lowest BCUT2D eigenvalue weighted by Crippen LogP contribution is -2.17. The van der Waals surface area contributed by atoms with E-state index in [4.69, 9.17) is 4.42 Å². The van der Waals surface area contributed by atoms with Gasteiger partial charge in [-0.2, -0.15) is 5.10 Å². The van der Waals surface area contributed by atoms with Crippen molar-refractivity contribution in [1.82, 2.24) is 15.4 Å². The van der Waals surface area contributed by atoms with Crippen LogP contribution in [0.25, 0.3) is 0 Å². The first-order chi connectivity index (χ1) is 13.0. The number of hydrogen-bond acceptors (Lipinski definition) is 6. The molecule has 6 nitrogen and oxygen atoms in total. The third-order valence-electron chi connectivity index (χ3n) is 3.66. The van der Waals surface area contributed by atoms with Gasteiger partial charge in [0.25, 0.3) is 5.91 Å². The third kappa shape index (κ3) is 5.52. The van der Waals surface area contributed by atoms with Crippen LogP contribution in [0.15, 0.2) is 57.1 Å². The summed E-state index contributed by atoms with van der Waals surface area (Å²) in [7, 11) is 0. The van der Waals surface area contributed by atoms with E-state index in [-0.39, 0.29) is 5.91 Å². The highest BCUT2D eigenvalue weighted by molar-refractivity contribution is 7.98. The second-order valence-electron chi connectivity index (χ2n) is 6.07. The first-order valence-corrected chi connectivity index (χ1v) is 9.42. The van der Waals surface area contributed by atoms with Crippen molar-refractivity contribution in [2.75, 3.05) is 0 Å². The molecule has 0 fully saturated rings. The van der Waals surface area contributed by atoms with Gasteiger partial charge in [-0.1, -0.05) is 23.9 Å². The quantitative estimate of drug-likeness (QED) is 0.302. The second-order valence-corrected chi connectivity index (χ2v) is 7.01. The molecule has 138 valence electrons. The van der Waals surface area contributed by atoms with Crippen molar-refractivity contribution >= 4 is 23.9 Å². The number of amides is 1. The molecule has 0 spiro atoms. The molecule has 27 heavy (non-hydrogen) atoms. The van der Waals surface area contributed by atoms with Gasteiger partial charge in [0, 0.05) is 22.7 Å². The van der Waals surface area contributed by atoms with Crippen molar-refractivity contribution < 1.29 is 9.21 Å². The molecular weight excluding hydrogens is 360 g/mol. The SMILES string of the molecule is Cc1cc(C)nc(SCc2ccc(C(=O)N/N=C/c3ccc(C)o3)cc2)n1. The molecule has 0 atom stereocenters. The van der Waals surface area contributed by atoms with E-state index in [0.29, 0.717) is 11.3 Å². The molecule has 3 aromatic rings. The van der Waals surface area contributed by atoms with E-state index in [1.54, 1.807) is 30.0 Å². The summed E-state index contributed by atoms with van der Waals surface area (Å²) in [5.74, 6) is 1.85. The second kappa shape index (κ2) is 8.64. The van der Waals surface area contributed by atoms with E-state index in [2.05, 4.69) is 20.5 Å². The lowest BCUT2D eigenvalue weighted by atomic mass is 10.1. The summed E-state index contributed by atoms with van der Waals surface area (Å²) in [6, 6.07) is 13.0. The minimum absolute atomic E-state index is 0.272. The molecule has 1 aromatic carbocycles. The van der Waals surface area contributed by atoms with Gasteiger partial charge in [-0.15, -0.1) is 0 Å². The van der Waals surface area contributed by atoms with Gasteiger partial charge in [0.05, 0.1) is 6.21 Å². The maximum absolute atomic E-state index is 12.1. The minimum Gasteiger partial charge on any atom is -0.460 e. The van der Waals surface area contributed by atoms with E-state index >= 15 is 0 Å². The Labute approximate surface area is 162 Å². The summed E-state index contributed by atoms with van der Waals surface area (Å²) >= 11 is 1.57. The summed E-state index contributed by atoms with van der Waals surface area (Å²) in [6.07, 6.45) is 1.47. The number of carbonyl (C=O) groups excluding carboxylic acids is 1. The van der Waals surface area contributed by atoms with Gasteiger partial charge in [0.15, 0.2) is 5.16 Å². The van der Waals surface area contributed by atoms with Crippen LogP contribution in [0.4, 0.5) is 0 Å². The highest BCUT2D eigenvalue weighted by Gasteiger charge is 2.06. The van der Waals surface area contributed by atoms with Crippen LogP contribution in [0.3, 0.4) is 0 Å². The average molecular weight is 380 g/mol. The summed E-state index contributed by atoms with van der Waals surface area (Å²) in [6.45, 7) is 5.77. The van der Waals surface area contributed by atoms with Crippen LogP contribution >= 0.6 is 11.8 Å². The molecule has 0 saturated carbocycles. The Morgan fingerprint density at radius 2 is 1.81 bits per heavy atom. The Bertz CT molecular complexity index is 944. The maximum Gasteiger partial charge on any atom is 0.271 e. The molecule has 0 aliphatic heterocycles. The Kier molecular flexibility index (Phi) is 6.03. The monoisotopic (exact) mass is 380 g/mol. The number of furan rings is 1. The smallest absolute Gasteiger partial charge is 0.271 e. The molecule has 3 rings (SSSR count). The number of nitrogens with zero attached hydrogens (tertiary/aromatic N) is 3. The van der Waals surface area contributed by atoms with Crippen LogP contribution < -0.4 is 5.43 Å². The largest absolute Gasteiger partial charge is 0.460 e. The highest BCUT2D eigenvalue weighted by atomic mass is 32.2.